The number of rotatable bonds is 6. The minimum atomic E-state index is -3.94. The van der Waals surface area contributed by atoms with Crippen LogP contribution in [0.1, 0.15) is 11.1 Å². The van der Waals surface area contributed by atoms with E-state index in [1.165, 1.54) is 12.1 Å². The Kier molecular flexibility index (Phi) is 5.20. The fraction of sp³-hybridized carbons (Fsp3) is 0.200. The highest BCUT2D eigenvalue weighted by atomic mass is 32.2. The van der Waals surface area contributed by atoms with Crippen LogP contribution >= 0.6 is 0 Å². The lowest BCUT2D eigenvalue weighted by atomic mass is 10.2. The Morgan fingerprint density at radius 2 is 1.48 bits per heavy atom. The van der Waals surface area contributed by atoms with Crippen LogP contribution < -0.4 is 4.83 Å². The molecule has 1 N–H and O–H groups in total. The number of sulfonamides is 2. The molecule has 0 spiro atoms. The Bertz CT molecular complexity index is 861. The minimum absolute atomic E-state index is 0.0213. The largest absolute Gasteiger partial charge is 0.256 e. The molecular formula is C15H18N2O4S2. The molecule has 0 saturated heterocycles. The zero-order valence-corrected chi connectivity index (χ0v) is 14.4. The number of hydrogen-bond donors (Lipinski definition) is 1. The third kappa shape index (κ3) is 4.61. The van der Waals surface area contributed by atoms with Gasteiger partial charge in [0, 0.05) is 7.05 Å². The monoisotopic (exact) mass is 354 g/mol. The van der Waals surface area contributed by atoms with Gasteiger partial charge in [0.15, 0.2) is 0 Å². The van der Waals surface area contributed by atoms with Gasteiger partial charge in [-0.2, -0.15) is 0 Å². The summed E-state index contributed by atoms with van der Waals surface area (Å²) in [5.74, 6) is -0.304. The topological polar surface area (TPSA) is 83.6 Å². The molecule has 124 valence electrons. The summed E-state index contributed by atoms with van der Waals surface area (Å²) in [4.78, 5) is 2.10. The predicted octanol–water partition coefficient (Wildman–Crippen LogP) is 1.65. The van der Waals surface area contributed by atoms with Crippen LogP contribution in [-0.4, -0.2) is 28.3 Å². The second kappa shape index (κ2) is 6.79. The molecule has 0 aliphatic heterocycles. The van der Waals surface area contributed by atoms with Crippen molar-refractivity contribution >= 4 is 20.0 Å². The SMILES string of the molecule is Cc1ccc(S(=O)(=O)N(C)NS(=O)(=O)Cc2ccccc2)cc1. The summed E-state index contributed by atoms with van der Waals surface area (Å²) in [5.41, 5.74) is 1.48. The highest BCUT2D eigenvalue weighted by molar-refractivity contribution is 7.91. The summed E-state index contributed by atoms with van der Waals surface area (Å²) in [5, 5.41) is 0. The Morgan fingerprint density at radius 1 is 0.913 bits per heavy atom. The number of nitrogens with one attached hydrogen (secondary N) is 1. The van der Waals surface area contributed by atoms with Gasteiger partial charge in [0.05, 0.1) is 10.6 Å². The van der Waals surface area contributed by atoms with E-state index in [2.05, 4.69) is 4.83 Å². The quantitative estimate of drug-likeness (QED) is 0.800. The number of benzene rings is 2. The summed E-state index contributed by atoms with van der Waals surface area (Å²) in [6.45, 7) is 1.84. The maximum absolute atomic E-state index is 12.4. The maximum atomic E-state index is 12.4. The number of aryl methyl sites for hydroxylation is 1. The second-order valence-corrected chi connectivity index (χ2v) is 8.79. The highest BCUT2D eigenvalue weighted by Gasteiger charge is 2.25. The number of hydrogen-bond acceptors (Lipinski definition) is 4. The van der Waals surface area contributed by atoms with Crippen molar-refractivity contribution in [2.24, 2.45) is 0 Å². The summed E-state index contributed by atoms with van der Waals surface area (Å²) >= 11 is 0. The molecule has 0 aliphatic carbocycles. The molecule has 2 rings (SSSR count). The van der Waals surface area contributed by atoms with Crippen LogP contribution in [0.3, 0.4) is 0 Å². The van der Waals surface area contributed by atoms with Gasteiger partial charge in [-0.15, -0.1) is 9.25 Å². The van der Waals surface area contributed by atoms with Crippen LogP contribution in [0.25, 0.3) is 0 Å². The van der Waals surface area contributed by atoms with Gasteiger partial charge in [-0.05, 0) is 24.6 Å². The first-order valence-electron chi connectivity index (χ1n) is 6.80. The van der Waals surface area contributed by atoms with Crippen LogP contribution in [0.5, 0.6) is 0 Å². The Morgan fingerprint density at radius 3 is 2.04 bits per heavy atom. The summed E-state index contributed by atoms with van der Waals surface area (Å²) in [6.07, 6.45) is 0. The first kappa shape index (κ1) is 17.6. The minimum Gasteiger partial charge on any atom is -0.211 e. The average Bonchev–Trinajstić information content (AvgIpc) is 2.47. The predicted molar refractivity (Wildman–Crippen MR) is 88.3 cm³/mol. The van der Waals surface area contributed by atoms with Crippen molar-refractivity contribution in [3.05, 3.63) is 65.7 Å². The van der Waals surface area contributed by atoms with Crippen LogP contribution in [0, 0.1) is 6.92 Å². The first-order valence-corrected chi connectivity index (χ1v) is 9.89. The third-order valence-corrected chi connectivity index (χ3v) is 6.21. The Labute approximate surface area is 136 Å². The van der Waals surface area contributed by atoms with Crippen molar-refractivity contribution in [2.45, 2.75) is 17.6 Å². The van der Waals surface area contributed by atoms with Gasteiger partial charge in [-0.3, -0.25) is 0 Å². The molecule has 0 bridgehead atoms. The lowest BCUT2D eigenvalue weighted by molar-refractivity contribution is 0.432. The molecule has 0 amide bonds. The van der Waals surface area contributed by atoms with Crippen molar-refractivity contribution < 1.29 is 16.8 Å². The molecule has 2 aromatic rings. The van der Waals surface area contributed by atoms with Crippen LogP contribution in [0.4, 0.5) is 0 Å². The molecule has 0 fully saturated rings. The van der Waals surface area contributed by atoms with Gasteiger partial charge in [-0.25, -0.2) is 16.8 Å². The van der Waals surface area contributed by atoms with E-state index >= 15 is 0 Å². The average molecular weight is 354 g/mol. The highest BCUT2D eigenvalue weighted by Crippen LogP contribution is 2.14. The fourth-order valence-electron chi connectivity index (χ4n) is 1.94. The van der Waals surface area contributed by atoms with Crippen molar-refractivity contribution in [1.29, 1.82) is 0 Å². The Hall–Kier alpha value is -1.74. The van der Waals surface area contributed by atoms with Gasteiger partial charge in [-0.1, -0.05) is 48.0 Å². The normalized spacial score (nSPS) is 12.5. The van der Waals surface area contributed by atoms with E-state index in [0.717, 1.165) is 12.6 Å². The summed E-state index contributed by atoms with van der Waals surface area (Å²) < 4.78 is 49.6. The van der Waals surface area contributed by atoms with Gasteiger partial charge in [0.25, 0.3) is 10.0 Å². The summed E-state index contributed by atoms with van der Waals surface area (Å²) in [7, 11) is -6.61. The molecule has 0 aliphatic rings. The van der Waals surface area contributed by atoms with E-state index in [4.69, 9.17) is 0 Å². The van der Waals surface area contributed by atoms with Crippen LogP contribution in [-0.2, 0) is 25.8 Å². The van der Waals surface area contributed by atoms with E-state index in [1.807, 2.05) is 6.92 Å². The zero-order chi connectivity index (χ0) is 17.1. The van der Waals surface area contributed by atoms with Crippen molar-refractivity contribution in [1.82, 2.24) is 9.25 Å². The molecule has 0 heterocycles. The third-order valence-electron chi connectivity index (χ3n) is 3.15. The van der Waals surface area contributed by atoms with Gasteiger partial charge in [0.2, 0.25) is 10.0 Å². The van der Waals surface area contributed by atoms with E-state index in [-0.39, 0.29) is 10.6 Å². The van der Waals surface area contributed by atoms with Crippen LogP contribution in [0.15, 0.2) is 59.5 Å². The van der Waals surface area contributed by atoms with Crippen molar-refractivity contribution in [3.63, 3.8) is 0 Å². The second-order valence-electron chi connectivity index (χ2n) is 5.12. The number of hydrazine groups is 1. The lowest BCUT2D eigenvalue weighted by Crippen LogP contribution is -2.43. The lowest BCUT2D eigenvalue weighted by Gasteiger charge is -2.18. The van der Waals surface area contributed by atoms with Crippen molar-refractivity contribution in [2.75, 3.05) is 7.05 Å². The molecule has 8 heteroatoms. The van der Waals surface area contributed by atoms with E-state index in [0.29, 0.717) is 9.98 Å². The smallest absolute Gasteiger partial charge is 0.211 e. The van der Waals surface area contributed by atoms with E-state index in [9.17, 15) is 16.8 Å². The number of nitrogens with zero attached hydrogens (tertiary/aromatic N) is 1. The molecule has 2 aromatic carbocycles. The molecular weight excluding hydrogens is 336 g/mol. The molecule has 0 unspecified atom stereocenters. The fourth-order valence-corrected chi connectivity index (χ4v) is 4.56. The summed E-state index contributed by atoms with van der Waals surface area (Å²) in [6, 6.07) is 14.7. The molecule has 0 radical (unpaired) electrons. The van der Waals surface area contributed by atoms with Gasteiger partial charge in [0.1, 0.15) is 0 Å². The molecule has 0 aromatic heterocycles. The van der Waals surface area contributed by atoms with Gasteiger partial charge >= 0.3 is 0 Å². The molecule has 0 saturated carbocycles. The standard InChI is InChI=1S/C15H18N2O4S2/c1-13-8-10-15(11-9-13)23(20,21)17(2)16-22(18,19)12-14-6-4-3-5-7-14/h3-11,16H,12H2,1-2H3. The molecule has 6 nitrogen and oxygen atoms in total. The van der Waals surface area contributed by atoms with E-state index in [1.54, 1.807) is 42.5 Å². The Balaban J connectivity index is 2.16. The van der Waals surface area contributed by atoms with Gasteiger partial charge < -0.3 is 0 Å². The van der Waals surface area contributed by atoms with Crippen LogP contribution in [0.2, 0.25) is 0 Å². The zero-order valence-electron chi connectivity index (χ0n) is 12.8. The van der Waals surface area contributed by atoms with E-state index < -0.39 is 20.0 Å². The molecule has 0 atom stereocenters. The first-order chi connectivity index (χ1) is 10.7. The van der Waals surface area contributed by atoms with Crippen molar-refractivity contribution in [3.8, 4) is 0 Å². The maximum Gasteiger partial charge on any atom is 0.256 e. The molecule has 23 heavy (non-hydrogen) atoms.